The summed E-state index contributed by atoms with van der Waals surface area (Å²) >= 11 is 0. The van der Waals surface area contributed by atoms with Crippen molar-refractivity contribution in [2.45, 2.75) is 32.1 Å². The van der Waals surface area contributed by atoms with Crippen LogP contribution in [-0.2, 0) is 12.8 Å². The van der Waals surface area contributed by atoms with Crippen LogP contribution in [0.4, 0.5) is 0 Å². The minimum atomic E-state index is -1.02. The molecule has 0 unspecified atom stereocenters. The highest BCUT2D eigenvalue weighted by Gasteiger charge is 2.19. The van der Waals surface area contributed by atoms with Gasteiger partial charge < -0.3 is 14.9 Å². The van der Waals surface area contributed by atoms with E-state index in [1.54, 1.807) is 6.07 Å². The maximum absolute atomic E-state index is 11.2. The molecular weight excluding hydrogens is 234 g/mol. The molecule has 5 nitrogen and oxygen atoms in total. The summed E-state index contributed by atoms with van der Waals surface area (Å²) in [4.78, 5) is 15.5. The topological polar surface area (TPSA) is 79.7 Å². The van der Waals surface area contributed by atoms with Crippen molar-refractivity contribution in [2.24, 2.45) is 0 Å². The molecule has 98 valence electrons. The normalized spacial score (nSPS) is 14.1. The first kappa shape index (κ1) is 12.8. The first-order chi connectivity index (χ1) is 8.72. The molecule has 1 aliphatic carbocycles. The highest BCUT2D eigenvalue weighted by atomic mass is 16.5. The Labute approximate surface area is 105 Å². The maximum Gasteiger partial charge on any atom is 0.341 e. The number of carboxylic acid groups (broad SMARTS) is 1. The summed E-state index contributed by atoms with van der Waals surface area (Å²) in [6.07, 6.45) is 4.41. The number of carboxylic acids is 1. The third-order valence-electron chi connectivity index (χ3n) is 3.04. The lowest BCUT2D eigenvalue weighted by Crippen LogP contribution is -2.13. The minimum Gasteiger partial charge on any atom is -0.477 e. The maximum atomic E-state index is 11.2. The van der Waals surface area contributed by atoms with Crippen molar-refractivity contribution < 1.29 is 19.7 Å². The number of aliphatic hydroxyl groups excluding tert-OH is 1. The number of aryl methyl sites for hydroxylation is 2. The molecule has 0 aromatic carbocycles. The molecule has 0 amide bonds. The monoisotopic (exact) mass is 251 g/mol. The number of aromatic nitrogens is 1. The molecule has 0 atom stereocenters. The van der Waals surface area contributed by atoms with E-state index in [2.05, 4.69) is 4.98 Å². The summed E-state index contributed by atoms with van der Waals surface area (Å²) in [5, 5.41) is 17.9. The Hall–Kier alpha value is -1.62. The fourth-order valence-electron chi connectivity index (χ4n) is 2.11. The highest BCUT2D eigenvalue weighted by molar-refractivity contribution is 5.90. The SMILES string of the molecule is O=C(O)c1cc2c(nc1OCCCO)CCCC2. The number of hydrogen-bond donors (Lipinski definition) is 2. The third kappa shape index (κ3) is 2.79. The van der Waals surface area contributed by atoms with Crippen molar-refractivity contribution in [3.63, 3.8) is 0 Å². The number of rotatable bonds is 5. The van der Waals surface area contributed by atoms with E-state index in [1.807, 2.05) is 0 Å². The van der Waals surface area contributed by atoms with E-state index < -0.39 is 5.97 Å². The summed E-state index contributed by atoms with van der Waals surface area (Å²) in [5.41, 5.74) is 2.09. The molecule has 1 aromatic heterocycles. The predicted octanol–water partition coefficient (Wildman–Crippen LogP) is 1.42. The second-order valence-electron chi connectivity index (χ2n) is 4.38. The quantitative estimate of drug-likeness (QED) is 0.774. The Balaban J connectivity index is 2.27. The van der Waals surface area contributed by atoms with Gasteiger partial charge >= 0.3 is 5.97 Å². The largest absolute Gasteiger partial charge is 0.477 e. The lowest BCUT2D eigenvalue weighted by atomic mass is 9.95. The van der Waals surface area contributed by atoms with E-state index in [9.17, 15) is 4.79 Å². The number of aliphatic hydroxyl groups is 1. The van der Waals surface area contributed by atoms with Gasteiger partial charge in [0.15, 0.2) is 0 Å². The summed E-state index contributed by atoms with van der Waals surface area (Å²) in [7, 11) is 0. The number of pyridine rings is 1. The zero-order valence-electron chi connectivity index (χ0n) is 10.2. The lowest BCUT2D eigenvalue weighted by molar-refractivity contribution is 0.0690. The van der Waals surface area contributed by atoms with Gasteiger partial charge in [0.05, 0.1) is 6.61 Å². The van der Waals surface area contributed by atoms with Crippen molar-refractivity contribution in [2.75, 3.05) is 13.2 Å². The molecule has 0 saturated heterocycles. The Bertz CT molecular complexity index is 445. The van der Waals surface area contributed by atoms with E-state index in [-0.39, 0.29) is 24.7 Å². The average molecular weight is 251 g/mol. The second kappa shape index (κ2) is 5.82. The summed E-state index contributed by atoms with van der Waals surface area (Å²) in [6.45, 7) is 0.302. The van der Waals surface area contributed by atoms with E-state index >= 15 is 0 Å². The van der Waals surface area contributed by atoms with Crippen LogP contribution in [0.15, 0.2) is 6.07 Å². The molecule has 18 heavy (non-hydrogen) atoms. The van der Waals surface area contributed by atoms with Crippen LogP contribution in [0.1, 0.15) is 40.9 Å². The van der Waals surface area contributed by atoms with Gasteiger partial charge in [-0.25, -0.2) is 9.78 Å². The van der Waals surface area contributed by atoms with Crippen LogP contribution in [0, 0.1) is 0 Å². The molecule has 0 aliphatic heterocycles. The first-order valence-corrected chi connectivity index (χ1v) is 6.22. The molecule has 1 aliphatic rings. The van der Waals surface area contributed by atoms with Crippen LogP contribution < -0.4 is 4.74 Å². The molecule has 2 rings (SSSR count). The third-order valence-corrected chi connectivity index (χ3v) is 3.04. The fraction of sp³-hybridized carbons (Fsp3) is 0.538. The molecule has 0 fully saturated rings. The molecule has 1 heterocycles. The first-order valence-electron chi connectivity index (χ1n) is 6.22. The molecule has 5 heteroatoms. The summed E-state index contributed by atoms with van der Waals surface area (Å²) in [6, 6.07) is 1.68. The number of nitrogens with zero attached hydrogens (tertiary/aromatic N) is 1. The standard InChI is InChI=1S/C13H17NO4/c15-6-3-7-18-12-10(13(16)17)8-9-4-1-2-5-11(9)14-12/h8,15H,1-7H2,(H,16,17). The van der Waals surface area contributed by atoms with Crippen LogP contribution in [0.25, 0.3) is 0 Å². The van der Waals surface area contributed by atoms with Gasteiger partial charge in [0.25, 0.3) is 0 Å². The number of carbonyl (C=O) groups is 1. The van der Waals surface area contributed by atoms with Gasteiger partial charge in [-0.1, -0.05) is 0 Å². The van der Waals surface area contributed by atoms with Crippen molar-refractivity contribution >= 4 is 5.97 Å². The Morgan fingerprint density at radius 3 is 2.89 bits per heavy atom. The van der Waals surface area contributed by atoms with Crippen molar-refractivity contribution in [3.05, 3.63) is 22.9 Å². The van der Waals surface area contributed by atoms with Gasteiger partial charge in [-0.15, -0.1) is 0 Å². The highest BCUT2D eigenvalue weighted by Crippen LogP contribution is 2.26. The summed E-state index contributed by atoms with van der Waals surface area (Å²) in [5.74, 6) is -0.841. The Kier molecular flexibility index (Phi) is 4.15. The van der Waals surface area contributed by atoms with Crippen LogP contribution in [0.3, 0.4) is 0 Å². The molecule has 1 aromatic rings. The number of hydrogen-bond acceptors (Lipinski definition) is 4. The molecule has 2 N–H and O–H groups in total. The fourth-order valence-corrected chi connectivity index (χ4v) is 2.11. The molecule has 0 bridgehead atoms. The van der Waals surface area contributed by atoms with Crippen LogP contribution in [0.2, 0.25) is 0 Å². The van der Waals surface area contributed by atoms with Gasteiger partial charge in [-0.3, -0.25) is 0 Å². The predicted molar refractivity (Wildman–Crippen MR) is 65.0 cm³/mol. The molecule has 0 saturated carbocycles. The average Bonchev–Trinajstić information content (AvgIpc) is 2.38. The molecule has 0 radical (unpaired) electrons. The molecule has 0 spiro atoms. The number of fused-ring (bicyclic) bond motifs is 1. The van der Waals surface area contributed by atoms with Gasteiger partial charge in [0, 0.05) is 18.7 Å². The second-order valence-corrected chi connectivity index (χ2v) is 4.38. The van der Waals surface area contributed by atoms with E-state index in [1.165, 1.54) is 0 Å². The zero-order valence-corrected chi connectivity index (χ0v) is 10.2. The van der Waals surface area contributed by atoms with E-state index in [4.69, 9.17) is 14.9 Å². The number of aromatic carboxylic acids is 1. The van der Waals surface area contributed by atoms with Gasteiger partial charge in [0.1, 0.15) is 5.56 Å². The van der Waals surface area contributed by atoms with Gasteiger partial charge in [-0.2, -0.15) is 0 Å². The van der Waals surface area contributed by atoms with Crippen LogP contribution in [-0.4, -0.2) is 34.4 Å². The number of ether oxygens (including phenoxy) is 1. The van der Waals surface area contributed by atoms with Crippen molar-refractivity contribution in [1.82, 2.24) is 4.98 Å². The van der Waals surface area contributed by atoms with Gasteiger partial charge in [0.2, 0.25) is 5.88 Å². The Morgan fingerprint density at radius 1 is 1.39 bits per heavy atom. The van der Waals surface area contributed by atoms with E-state index in [0.717, 1.165) is 36.9 Å². The van der Waals surface area contributed by atoms with Crippen molar-refractivity contribution in [1.29, 1.82) is 0 Å². The minimum absolute atomic E-state index is 0.0212. The molecular formula is C13H17NO4. The van der Waals surface area contributed by atoms with Crippen LogP contribution >= 0.6 is 0 Å². The van der Waals surface area contributed by atoms with Crippen molar-refractivity contribution in [3.8, 4) is 5.88 Å². The van der Waals surface area contributed by atoms with Gasteiger partial charge in [-0.05, 0) is 37.3 Å². The Morgan fingerprint density at radius 2 is 2.17 bits per heavy atom. The smallest absolute Gasteiger partial charge is 0.341 e. The lowest BCUT2D eigenvalue weighted by Gasteiger charge is -2.17. The van der Waals surface area contributed by atoms with Crippen LogP contribution in [0.5, 0.6) is 5.88 Å². The van der Waals surface area contributed by atoms with E-state index in [0.29, 0.717) is 6.42 Å². The summed E-state index contributed by atoms with van der Waals surface area (Å²) < 4.78 is 5.35. The zero-order chi connectivity index (χ0) is 13.0.